The van der Waals surface area contributed by atoms with Crippen molar-refractivity contribution in [1.82, 2.24) is 0 Å². The van der Waals surface area contributed by atoms with Crippen LogP contribution in [0, 0.1) is 0 Å². The van der Waals surface area contributed by atoms with Crippen molar-refractivity contribution in [3.63, 3.8) is 0 Å². The van der Waals surface area contributed by atoms with E-state index >= 15 is 0 Å². The molecule has 8 aromatic rings. The lowest BCUT2D eigenvalue weighted by Crippen LogP contribution is -2.36. The predicted molar refractivity (Wildman–Crippen MR) is 200 cm³/mol. The molecule has 47 heavy (non-hydrogen) atoms. The molecule has 2 nitrogen and oxygen atoms in total. The van der Waals surface area contributed by atoms with Crippen LogP contribution in [0.2, 0.25) is 0 Å². The van der Waals surface area contributed by atoms with Crippen LogP contribution < -0.4 is 11.5 Å². The van der Waals surface area contributed by atoms with E-state index < -0.39 is 5.54 Å². The third-order valence-electron chi connectivity index (χ3n) is 9.36. The zero-order valence-corrected chi connectivity index (χ0v) is 26.0. The smallest absolute Gasteiger partial charge is 0.0875 e. The van der Waals surface area contributed by atoms with Gasteiger partial charge in [0.15, 0.2) is 0 Å². The van der Waals surface area contributed by atoms with Gasteiger partial charge in [-0.05, 0) is 95.5 Å². The maximum Gasteiger partial charge on any atom is 0.0875 e. The van der Waals surface area contributed by atoms with Crippen molar-refractivity contribution in [2.45, 2.75) is 5.54 Å². The molecule has 0 heterocycles. The van der Waals surface area contributed by atoms with E-state index in [0.29, 0.717) is 5.70 Å². The molecule has 224 valence electrons. The van der Waals surface area contributed by atoms with Gasteiger partial charge in [0.1, 0.15) is 0 Å². The summed E-state index contributed by atoms with van der Waals surface area (Å²) < 4.78 is 0. The summed E-state index contributed by atoms with van der Waals surface area (Å²) in [6.45, 7) is 0. The summed E-state index contributed by atoms with van der Waals surface area (Å²) in [5.74, 6) is 0. The number of fused-ring (bicyclic) bond motifs is 6. The maximum atomic E-state index is 7.33. The molecule has 0 amide bonds. The molecule has 0 aromatic heterocycles. The van der Waals surface area contributed by atoms with Gasteiger partial charge in [0.2, 0.25) is 0 Å². The van der Waals surface area contributed by atoms with Crippen LogP contribution in [0.1, 0.15) is 16.7 Å². The first-order valence-electron chi connectivity index (χ1n) is 16.0. The van der Waals surface area contributed by atoms with Crippen LogP contribution in [0.15, 0.2) is 182 Å². The second kappa shape index (κ2) is 11.8. The fourth-order valence-corrected chi connectivity index (χ4v) is 6.93. The quantitative estimate of drug-likeness (QED) is 0.186. The van der Waals surface area contributed by atoms with Gasteiger partial charge in [-0.15, -0.1) is 0 Å². The van der Waals surface area contributed by atoms with Crippen LogP contribution in [-0.4, -0.2) is 0 Å². The van der Waals surface area contributed by atoms with Gasteiger partial charge in [-0.25, -0.2) is 0 Å². The SMILES string of the molecule is N/C(=C\C(N)(c1ccccc1)c1cccc(-c2cccc(-c3ccc4c5ccccc5c5ccccc5c4c3)c2)c1)c1ccccc1. The third-order valence-corrected chi connectivity index (χ3v) is 9.36. The number of hydrogen-bond acceptors (Lipinski definition) is 2. The number of nitrogens with two attached hydrogens (primary N) is 2. The normalized spacial score (nSPS) is 13.2. The molecule has 1 unspecified atom stereocenters. The summed E-state index contributed by atoms with van der Waals surface area (Å²) in [7, 11) is 0. The number of rotatable bonds is 6. The molecule has 4 N–H and O–H groups in total. The highest BCUT2D eigenvalue weighted by Crippen LogP contribution is 2.38. The van der Waals surface area contributed by atoms with Crippen LogP contribution in [-0.2, 0) is 5.54 Å². The Labute approximate surface area is 275 Å². The van der Waals surface area contributed by atoms with Crippen molar-refractivity contribution < 1.29 is 0 Å². The van der Waals surface area contributed by atoms with E-state index in [2.05, 4.69) is 127 Å². The highest BCUT2D eigenvalue weighted by molar-refractivity contribution is 6.25. The van der Waals surface area contributed by atoms with Crippen molar-refractivity contribution in [3.8, 4) is 22.3 Å². The predicted octanol–water partition coefficient (Wildman–Crippen LogP) is 10.7. The molecule has 2 heteroatoms. The minimum Gasteiger partial charge on any atom is -0.398 e. The fraction of sp³-hybridized carbons (Fsp3) is 0.0222. The molecule has 1 atom stereocenters. The van der Waals surface area contributed by atoms with Gasteiger partial charge in [0.05, 0.1) is 5.54 Å². The molecule has 0 saturated carbocycles. The summed E-state index contributed by atoms with van der Waals surface area (Å²) in [6.07, 6.45) is 1.98. The van der Waals surface area contributed by atoms with E-state index in [1.807, 2.05) is 54.6 Å². The second-order valence-electron chi connectivity index (χ2n) is 12.2. The lowest BCUT2D eigenvalue weighted by molar-refractivity contribution is 0.682. The van der Waals surface area contributed by atoms with Gasteiger partial charge in [-0.2, -0.15) is 0 Å². The first kappa shape index (κ1) is 28.5. The van der Waals surface area contributed by atoms with E-state index in [9.17, 15) is 0 Å². The highest BCUT2D eigenvalue weighted by atomic mass is 14.7. The largest absolute Gasteiger partial charge is 0.398 e. The molecule has 0 fully saturated rings. The topological polar surface area (TPSA) is 52.0 Å². The van der Waals surface area contributed by atoms with Crippen LogP contribution in [0.3, 0.4) is 0 Å². The molecule has 0 aliphatic heterocycles. The second-order valence-corrected chi connectivity index (χ2v) is 12.2. The summed E-state index contributed by atoms with van der Waals surface area (Å²) in [4.78, 5) is 0. The Hall–Kier alpha value is -5.96. The van der Waals surface area contributed by atoms with Crippen LogP contribution in [0.5, 0.6) is 0 Å². The van der Waals surface area contributed by atoms with E-state index in [-0.39, 0.29) is 0 Å². The van der Waals surface area contributed by atoms with Gasteiger partial charge in [-0.3, -0.25) is 0 Å². The minimum absolute atomic E-state index is 0.640. The summed E-state index contributed by atoms with van der Waals surface area (Å²) in [6, 6.07) is 61.8. The van der Waals surface area contributed by atoms with Crippen molar-refractivity contribution in [1.29, 1.82) is 0 Å². The van der Waals surface area contributed by atoms with Crippen LogP contribution >= 0.6 is 0 Å². The Balaban J connectivity index is 1.23. The molecular formula is C45H34N2. The Kier molecular flexibility index (Phi) is 7.13. The fourth-order valence-electron chi connectivity index (χ4n) is 6.93. The van der Waals surface area contributed by atoms with Gasteiger partial charge in [-0.1, -0.05) is 158 Å². The van der Waals surface area contributed by atoms with E-state index in [0.717, 1.165) is 27.8 Å². The summed E-state index contributed by atoms with van der Waals surface area (Å²) in [5, 5.41) is 7.66. The average molecular weight is 603 g/mol. The Morgan fingerprint density at radius 2 is 0.830 bits per heavy atom. The standard InChI is InChI=1S/C45H34N2/c46-44(31-13-3-1-4-14-31)30-45(47,36-18-5-2-6-19-36)37-20-12-17-34(28-37)32-15-11-16-33(27-32)35-25-26-42-40-23-8-7-21-38(40)39-22-9-10-24-41(39)43(42)29-35/h1-30H,46-47H2/b44-30-. The van der Waals surface area contributed by atoms with Crippen LogP contribution in [0.4, 0.5) is 0 Å². The molecule has 0 spiro atoms. The molecule has 8 aromatic carbocycles. The lowest BCUT2D eigenvalue weighted by atomic mass is 9.81. The van der Waals surface area contributed by atoms with Gasteiger partial charge in [0, 0.05) is 5.70 Å². The Morgan fingerprint density at radius 1 is 0.383 bits per heavy atom. The van der Waals surface area contributed by atoms with Gasteiger partial charge < -0.3 is 11.5 Å². The Morgan fingerprint density at radius 3 is 1.45 bits per heavy atom. The zero-order chi connectivity index (χ0) is 31.8. The average Bonchev–Trinajstić information content (AvgIpc) is 3.15. The van der Waals surface area contributed by atoms with Crippen LogP contribution in [0.25, 0.3) is 60.3 Å². The monoisotopic (exact) mass is 602 g/mol. The van der Waals surface area contributed by atoms with E-state index in [4.69, 9.17) is 11.5 Å². The summed E-state index contributed by atoms with van der Waals surface area (Å²) in [5.41, 5.74) is 21.2. The zero-order valence-electron chi connectivity index (χ0n) is 26.0. The highest BCUT2D eigenvalue weighted by Gasteiger charge is 2.28. The first-order chi connectivity index (χ1) is 23.1. The molecule has 0 aliphatic rings. The summed E-state index contributed by atoms with van der Waals surface area (Å²) >= 11 is 0. The maximum absolute atomic E-state index is 7.33. The molecule has 0 radical (unpaired) electrons. The van der Waals surface area contributed by atoms with Gasteiger partial charge in [0.25, 0.3) is 0 Å². The van der Waals surface area contributed by atoms with Crippen molar-refractivity contribution in [2.24, 2.45) is 11.5 Å². The van der Waals surface area contributed by atoms with E-state index in [1.165, 1.54) is 43.4 Å². The number of hydrogen-bond donors (Lipinski definition) is 2. The molecular weight excluding hydrogens is 569 g/mol. The molecule has 8 rings (SSSR count). The third kappa shape index (κ3) is 5.15. The Bertz CT molecular complexity index is 2390. The van der Waals surface area contributed by atoms with Crippen molar-refractivity contribution in [2.75, 3.05) is 0 Å². The van der Waals surface area contributed by atoms with Gasteiger partial charge >= 0.3 is 0 Å². The first-order valence-corrected chi connectivity index (χ1v) is 16.0. The minimum atomic E-state index is -0.934. The lowest BCUT2D eigenvalue weighted by Gasteiger charge is -2.29. The van der Waals surface area contributed by atoms with E-state index in [1.54, 1.807) is 0 Å². The van der Waals surface area contributed by atoms with Crippen molar-refractivity contribution in [3.05, 3.63) is 199 Å². The number of benzene rings is 8. The molecule has 0 aliphatic carbocycles. The van der Waals surface area contributed by atoms with Crippen molar-refractivity contribution >= 4 is 38.0 Å². The molecule has 0 saturated heterocycles. The molecule has 0 bridgehead atoms.